The largest absolute Gasteiger partial charge is 0.396 e. The molecule has 2 aromatic heterocycles. The molecule has 6 nitrogen and oxygen atoms in total. The molecule has 3 N–H and O–H groups in total. The predicted molar refractivity (Wildman–Crippen MR) is 65.6 cm³/mol. The van der Waals surface area contributed by atoms with Crippen molar-refractivity contribution in [3.63, 3.8) is 0 Å². The lowest BCUT2D eigenvalue weighted by Gasteiger charge is -2.16. The molecule has 0 saturated heterocycles. The Labute approximate surface area is 104 Å². The van der Waals surface area contributed by atoms with Crippen molar-refractivity contribution in [3.8, 4) is 0 Å². The molecule has 2 aliphatic carbocycles. The Morgan fingerprint density at radius 3 is 2.94 bits per heavy atom. The molecule has 18 heavy (non-hydrogen) atoms. The third-order valence-electron chi connectivity index (χ3n) is 4.51. The first-order valence-electron chi connectivity index (χ1n) is 6.33. The Morgan fingerprint density at radius 1 is 1.28 bits per heavy atom. The van der Waals surface area contributed by atoms with Gasteiger partial charge in [-0.3, -0.25) is 0 Å². The lowest BCUT2D eigenvalue weighted by atomic mass is 10.0. The lowest BCUT2D eigenvalue weighted by Crippen LogP contribution is -2.12. The van der Waals surface area contributed by atoms with Crippen molar-refractivity contribution in [2.24, 2.45) is 17.8 Å². The number of fused-ring (bicyclic) bond motifs is 2. The number of imidazole rings is 1. The van der Waals surface area contributed by atoms with Crippen LogP contribution in [0.5, 0.6) is 0 Å². The zero-order valence-corrected chi connectivity index (χ0v) is 9.90. The zero-order valence-electron chi connectivity index (χ0n) is 9.90. The van der Waals surface area contributed by atoms with Crippen molar-refractivity contribution >= 4 is 17.0 Å². The van der Waals surface area contributed by atoms with Gasteiger partial charge in [0.2, 0.25) is 0 Å². The minimum atomic E-state index is 0.293. The first-order valence-corrected chi connectivity index (χ1v) is 6.33. The molecule has 2 saturated carbocycles. The van der Waals surface area contributed by atoms with E-state index >= 15 is 0 Å². The third-order valence-corrected chi connectivity index (χ3v) is 4.51. The fourth-order valence-corrected chi connectivity index (χ4v) is 3.52. The van der Waals surface area contributed by atoms with E-state index in [9.17, 15) is 5.11 Å². The molecule has 0 radical (unpaired) electrons. The number of nitrogens with zero attached hydrogens (tertiary/aromatic N) is 4. The lowest BCUT2D eigenvalue weighted by molar-refractivity contribution is 0.208. The second kappa shape index (κ2) is 3.41. The van der Waals surface area contributed by atoms with Gasteiger partial charge >= 0.3 is 0 Å². The smallest absolute Gasteiger partial charge is 0.165 e. The van der Waals surface area contributed by atoms with Crippen LogP contribution < -0.4 is 5.73 Å². The van der Waals surface area contributed by atoms with Gasteiger partial charge in [-0.15, -0.1) is 0 Å². The van der Waals surface area contributed by atoms with E-state index in [0.29, 0.717) is 41.7 Å². The van der Waals surface area contributed by atoms with Crippen molar-refractivity contribution in [3.05, 3.63) is 12.7 Å². The van der Waals surface area contributed by atoms with E-state index in [2.05, 4.69) is 19.5 Å². The second-order valence-corrected chi connectivity index (χ2v) is 5.39. The highest BCUT2D eigenvalue weighted by Crippen LogP contribution is 2.60. The van der Waals surface area contributed by atoms with Gasteiger partial charge < -0.3 is 15.4 Å². The highest BCUT2D eigenvalue weighted by molar-refractivity contribution is 5.81. The average molecular weight is 245 g/mol. The molecule has 0 amide bonds. The summed E-state index contributed by atoms with van der Waals surface area (Å²) in [4.78, 5) is 12.6. The van der Waals surface area contributed by atoms with Crippen LogP contribution in [0.2, 0.25) is 0 Å². The maximum Gasteiger partial charge on any atom is 0.165 e. The van der Waals surface area contributed by atoms with Gasteiger partial charge in [0.15, 0.2) is 11.5 Å². The van der Waals surface area contributed by atoms with E-state index in [1.165, 1.54) is 12.7 Å². The van der Waals surface area contributed by atoms with Gasteiger partial charge in [0.25, 0.3) is 0 Å². The normalized spacial score (nSPS) is 33.8. The van der Waals surface area contributed by atoms with Crippen LogP contribution in [0, 0.1) is 17.8 Å². The molecule has 4 atom stereocenters. The highest BCUT2D eigenvalue weighted by Gasteiger charge is 2.54. The maximum atomic E-state index is 9.37. The van der Waals surface area contributed by atoms with Crippen LogP contribution in [0.4, 0.5) is 5.82 Å². The Morgan fingerprint density at radius 2 is 2.17 bits per heavy atom. The SMILES string of the molecule is Nc1ncnc2c1ncn2[C@H]1C[C@H](CO)[C@@H]2C[C@@H]21. The first-order chi connectivity index (χ1) is 8.79. The predicted octanol–water partition coefficient (Wildman–Crippen LogP) is 0.598. The average Bonchev–Trinajstić information content (AvgIpc) is 2.91. The van der Waals surface area contributed by atoms with Crippen molar-refractivity contribution < 1.29 is 5.11 Å². The Kier molecular flexibility index (Phi) is 1.94. The summed E-state index contributed by atoms with van der Waals surface area (Å²) in [5.74, 6) is 2.24. The highest BCUT2D eigenvalue weighted by atomic mass is 16.3. The van der Waals surface area contributed by atoms with Gasteiger partial charge in [-0.05, 0) is 30.6 Å². The molecule has 0 aliphatic heterocycles. The quantitative estimate of drug-likeness (QED) is 0.808. The van der Waals surface area contributed by atoms with Crippen LogP contribution in [0.25, 0.3) is 11.2 Å². The van der Waals surface area contributed by atoms with Crippen molar-refractivity contribution in [1.82, 2.24) is 19.5 Å². The summed E-state index contributed by atoms with van der Waals surface area (Å²) in [7, 11) is 0. The number of aliphatic hydroxyl groups is 1. The molecule has 6 heteroatoms. The maximum absolute atomic E-state index is 9.37. The number of hydrogen-bond acceptors (Lipinski definition) is 5. The fraction of sp³-hybridized carbons (Fsp3) is 0.583. The van der Waals surface area contributed by atoms with Crippen LogP contribution in [-0.4, -0.2) is 31.2 Å². The van der Waals surface area contributed by atoms with Crippen molar-refractivity contribution in [2.45, 2.75) is 18.9 Å². The van der Waals surface area contributed by atoms with Gasteiger partial charge in [0, 0.05) is 12.6 Å². The molecule has 0 aromatic carbocycles. The van der Waals surface area contributed by atoms with E-state index in [1.807, 2.05) is 6.33 Å². The van der Waals surface area contributed by atoms with E-state index in [4.69, 9.17) is 5.73 Å². The van der Waals surface area contributed by atoms with Gasteiger partial charge in [-0.1, -0.05) is 0 Å². The number of rotatable bonds is 2. The molecule has 2 aromatic rings. The third kappa shape index (κ3) is 1.23. The molecule has 94 valence electrons. The van der Waals surface area contributed by atoms with Crippen LogP contribution in [0.1, 0.15) is 18.9 Å². The van der Waals surface area contributed by atoms with Crippen LogP contribution >= 0.6 is 0 Å². The van der Waals surface area contributed by atoms with Crippen LogP contribution in [-0.2, 0) is 0 Å². The summed E-state index contributed by atoms with van der Waals surface area (Å²) in [5, 5.41) is 9.37. The monoisotopic (exact) mass is 245 g/mol. The number of nitrogen functional groups attached to an aromatic ring is 1. The van der Waals surface area contributed by atoms with Crippen molar-refractivity contribution in [1.29, 1.82) is 0 Å². The molecule has 2 heterocycles. The fourth-order valence-electron chi connectivity index (χ4n) is 3.52. The summed E-state index contributed by atoms with van der Waals surface area (Å²) in [5.41, 5.74) is 7.30. The molecule has 4 rings (SSSR count). The topological polar surface area (TPSA) is 89.9 Å². The van der Waals surface area contributed by atoms with Gasteiger partial charge in [0.1, 0.15) is 11.8 Å². The Balaban J connectivity index is 1.78. The van der Waals surface area contributed by atoms with Gasteiger partial charge in [-0.25, -0.2) is 15.0 Å². The zero-order chi connectivity index (χ0) is 12.3. The van der Waals surface area contributed by atoms with E-state index in [0.717, 1.165) is 12.1 Å². The molecule has 0 spiro atoms. The summed E-state index contributed by atoms with van der Waals surface area (Å²) < 4.78 is 2.12. The minimum absolute atomic E-state index is 0.293. The minimum Gasteiger partial charge on any atom is -0.396 e. The van der Waals surface area contributed by atoms with Crippen LogP contribution in [0.3, 0.4) is 0 Å². The molecule has 0 bridgehead atoms. The van der Waals surface area contributed by atoms with E-state index < -0.39 is 0 Å². The molecule has 2 fully saturated rings. The molecular weight excluding hydrogens is 230 g/mol. The van der Waals surface area contributed by atoms with Crippen LogP contribution in [0.15, 0.2) is 12.7 Å². The van der Waals surface area contributed by atoms with Gasteiger partial charge in [-0.2, -0.15) is 0 Å². The molecular formula is C12H15N5O. The standard InChI is InChI=1S/C12H15N5O/c13-11-10-12(15-4-14-11)17(5-16-10)9-1-6(3-18)7-2-8(7)9/h4-9,18H,1-3H2,(H2,13,14,15)/t6-,7+,8+,9+/m1/s1. The summed E-state index contributed by atoms with van der Waals surface area (Å²) >= 11 is 0. The van der Waals surface area contributed by atoms with E-state index in [-0.39, 0.29) is 0 Å². The van der Waals surface area contributed by atoms with E-state index in [1.54, 1.807) is 0 Å². The summed E-state index contributed by atoms with van der Waals surface area (Å²) in [6.45, 7) is 0.293. The number of aliphatic hydroxyl groups excluding tert-OH is 1. The Bertz CT molecular complexity index is 610. The number of nitrogens with two attached hydrogens (primary N) is 1. The Hall–Kier alpha value is -1.69. The van der Waals surface area contributed by atoms with Gasteiger partial charge in [0.05, 0.1) is 6.33 Å². The second-order valence-electron chi connectivity index (χ2n) is 5.39. The number of anilines is 1. The summed E-state index contributed by atoms with van der Waals surface area (Å²) in [6.07, 6.45) is 5.53. The first kappa shape index (κ1) is 10.3. The number of hydrogen-bond donors (Lipinski definition) is 2. The molecule has 2 aliphatic rings. The molecule has 0 unspecified atom stereocenters. The summed E-state index contributed by atoms with van der Waals surface area (Å²) in [6, 6.07) is 0.409. The van der Waals surface area contributed by atoms with Crippen molar-refractivity contribution in [2.75, 3.05) is 12.3 Å². The number of aromatic nitrogens is 4.